The molecule has 0 radical (unpaired) electrons. The number of ether oxygens (including phenoxy) is 2. The molecule has 8 nitrogen and oxygen atoms in total. The minimum Gasteiger partial charge on any atom is -0.472 e. The normalized spacial score (nSPS) is 18.6. The van der Waals surface area contributed by atoms with Gasteiger partial charge in [-0.15, -0.1) is 0 Å². The van der Waals surface area contributed by atoms with Crippen LogP contribution in [0.2, 0.25) is 0 Å². The molecule has 8 heteroatoms. The maximum absolute atomic E-state index is 12.9. The van der Waals surface area contributed by atoms with Gasteiger partial charge >= 0.3 is 6.03 Å². The molecule has 31 heavy (non-hydrogen) atoms. The topological polar surface area (TPSA) is 84.0 Å². The van der Waals surface area contributed by atoms with Crippen LogP contribution in [0.25, 0.3) is 0 Å². The van der Waals surface area contributed by atoms with E-state index in [0.717, 1.165) is 6.42 Å². The van der Waals surface area contributed by atoms with Crippen LogP contribution in [-0.2, 0) is 11.2 Å². The second-order valence-electron chi connectivity index (χ2n) is 7.70. The Labute approximate surface area is 182 Å². The first-order chi connectivity index (χ1) is 15.2. The molecule has 0 spiro atoms. The Hall–Kier alpha value is -3.13. The van der Waals surface area contributed by atoms with Crippen molar-refractivity contribution in [2.75, 3.05) is 45.9 Å². The number of carbonyl (C=O) groups is 2. The summed E-state index contributed by atoms with van der Waals surface area (Å²) in [5, 5.41) is 2.97. The summed E-state index contributed by atoms with van der Waals surface area (Å²) in [6.45, 7) is 3.88. The predicted octanol–water partition coefficient (Wildman–Crippen LogP) is 1.96. The number of nitrogens with one attached hydrogen (secondary N) is 1. The van der Waals surface area contributed by atoms with E-state index in [-0.39, 0.29) is 18.0 Å². The van der Waals surface area contributed by atoms with Gasteiger partial charge in [-0.05, 0) is 24.1 Å². The highest BCUT2D eigenvalue weighted by Gasteiger charge is 2.30. The van der Waals surface area contributed by atoms with Gasteiger partial charge in [0, 0.05) is 38.8 Å². The number of hydrogen-bond acceptors (Lipinski definition) is 5. The van der Waals surface area contributed by atoms with Crippen LogP contribution in [0.4, 0.5) is 4.79 Å². The number of nitrogens with zero attached hydrogens (tertiary/aromatic N) is 3. The molecule has 3 amide bonds. The Kier molecular flexibility index (Phi) is 6.99. The Bertz CT molecular complexity index is 886. The molecule has 164 valence electrons. The van der Waals surface area contributed by atoms with Crippen molar-refractivity contribution in [3.05, 3.63) is 59.8 Å². The van der Waals surface area contributed by atoms with Gasteiger partial charge in [-0.3, -0.25) is 4.79 Å². The van der Waals surface area contributed by atoms with Gasteiger partial charge in [-0.25, -0.2) is 9.78 Å². The summed E-state index contributed by atoms with van der Waals surface area (Å²) in [5.74, 6) is 0.232. The highest BCUT2D eigenvalue weighted by Crippen LogP contribution is 2.22. The molecule has 2 aliphatic heterocycles. The average Bonchev–Trinajstić information content (AvgIpc) is 3.29. The van der Waals surface area contributed by atoms with E-state index in [9.17, 15) is 9.59 Å². The molecule has 0 bridgehead atoms. The maximum Gasteiger partial charge on any atom is 0.317 e. The van der Waals surface area contributed by atoms with E-state index < -0.39 is 0 Å². The van der Waals surface area contributed by atoms with Crippen molar-refractivity contribution >= 4 is 11.9 Å². The minimum absolute atomic E-state index is 0.0901. The van der Waals surface area contributed by atoms with E-state index >= 15 is 0 Å². The summed E-state index contributed by atoms with van der Waals surface area (Å²) in [5.41, 5.74) is 1.65. The number of carbonyl (C=O) groups excluding carboxylic acids is 2. The number of pyridine rings is 1. The van der Waals surface area contributed by atoms with Crippen molar-refractivity contribution in [1.29, 1.82) is 0 Å². The van der Waals surface area contributed by atoms with E-state index in [1.807, 2.05) is 18.2 Å². The molecule has 4 rings (SSSR count). The van der Waals surface area contributed by atoms with Crippen LogP contribution in [0, 0.1) is 0 Å². The quantitative estimate of drug-likeness (QED) is 0.767. The Morgan fingerprint density at radius 3 is 2.68 bits per heavy atom. The summed E-state index contributed by atoms with van der Waals surface area (Å²) < 4.78 is 11.4. The highest BCUT2D eigenvalue weighted by atomic mass is 16.5. The minimum atomic E-state index is -0.189. The zero-order chi connectivity index (χ0) is 21.5. The standard InChI is InChI=1S/C23H28N4O4/c28-22(26-13-15-30-16-14-26)20-7-4-10-24-21(20)31-19-9-12-27(17-19)23(29)25-11-8-18-5-2-1-3-6-18/h1-7,10,19H,8-9,11-17H2,(H,25,29). The smallest absolute Gasteiger partial charge is 0.317 e. The third-order valence-electron chi connectivity index (χ3n) is 5.54. The number of likely N-dealkylation sites (tertiary alicyclic amines) is 1. The molecule has 1 N–H and O–H groups in total. The molecular weight excluding hydrogens is 396 g/mol. The number of urea groups is 1. The van der Waals surface area contributed by atoms with Gasteiger partial charge in [0.25, 0.3) is 5.91 Å². The third-order valence-corrected chi connectivity index (χ3v) is 5.54. The van der Waals surface area contributed by atoms with Crippen LogP contribution in [-0.4, -0.2) is 78.8 Å². The number of hydrogen-bond donors (Lipinski definition) is 1. The van der Waals surface area contributed by atoms with Crippen molar-refractivity contribution in [3.63, 3.8) is 0 Å². The van der Waals surface area contributed by atoms with E-state index in [1.165, 1.54) is 5.56 Å². The number of aromatic nitrogens is 1. The van der Waals surface area contributed by atoms with Crippen LogP contribution in [0.5, 0.6) is 5.88 Å². The van der Waals surface area contributed by atoms with Crippen molar-refractivity contribution in [2.24, 2.45) is 0 Å². The maximum atomic E-state index is 12.9. The Balaban J connectivity index is 1.29. The highest BCUT2D eigenvalue weighted by molar-refractivity contribution is 5.96. The first-order valence-corrected chi connectivity index (χ1v) is 10.8. The van der Waals surface area contributed by atoms with E-state index in [1.54, 1.807) is 28.1 Å². The molecule has 1 atom stereocenters. The van der Waals surface area contributed by atoms with Gasteiger partial charge in [-0.2, -0.15) is 0 Å². The van der Waals surface area contributed by atoms with Gasteiger partial charge in [0.2, 0.25) is 5.88 Å². The lowest BCUT2D eigenvalue weighted by Crippen LogP contribution is -2.41. The lowest BCUT2D eigenvalue weighted by atomic mass is 10.1. The van der Waals surface area contributed by atoms with Crippen molar-refractivity contribution in [3.8, 4) is 5.88 Å². The van der Waals surface area contributed by atoms with Crippen LogP contribution in [0.3, 0.4) is 0 Å². The van der Waals surface area contributed by atoms with Crippen molar-refractivity contribution in [2.45, 2.75) is 18.9 Å². The molecule has 0 aliphatic carbocycles. The molecule has 2 fully saturated rings. The van der Waals surface area contributed by atoms with Crippen LogP contribution in [0.1, 0.15) is 22.3 Å². The number of rotatable bonds is 6. The van der Waals surface area contributed by atoms with Crippen molar-refractivity contribution < 1.29 is 19.1 Å². The Morgan fingerprint density at radius 2 is 1.87 bits per heavy atom. The first kappa shape index (κ1) is 21.1. The lowest BCUT2D eigenvalue weighted by molar-refractivity contribution is 0.0298. The molecular formula is C23H28N4O4. The fraction of sp³-hybridized carbons (Fsp3) is 0.435. The molecule has 2 aliphatic rings. The van der Waals surface area contributed by atoms with Gasteiger partial charge in [-0.1, -0.05) is 30.3 Å². The van der Waals surface area contributed by atoms with E-state index in [4.69, 9.17) is 9.47 Å². The number of amides is 3. The van der Waals surface area contributed by atoms with Crippen LogP contribution < -0.4 is 10.1 Å². The largest absolute Gasteiger partial charge is 0.472 e. The van der Waals surface area contributed by atoms with E-state index in [2.05, 4.69) is 22.4 Å². The lowest BCUT2D eigenvalue weighted by Gasteiger charge is -2.27. The van der Waals surface area contributed by atoms with Gasteiger partial charge < -0.3 is 24.6 Å². The summed E-state index contributed by atoms with van der Waals surface area (Å²) in [6.07, 6.45) is 2.93. The number of benzene rings is 1. The van der Waals surface area contributed by atoms with Gasteiger partial charge in [0.05, 0.1) is 19.8 Å². The average molecular weight is 425 g/mol. The predicted molar refractivity (Wildman–Crippen MR) is 115 cm³/mol. The molecule has 0 saturated carbocycles. The zero-order valence-electron chi connectivity index (χ0n) is 17.5. The second-order valence-corrected chi connectivity index (χ2v) is 7.70. The molecule has 2 saturated heterocycles. The molecule has 1 aromatic carbocycles. The third kappa shape index (κ3) is 5.52. The van der Waals surface area contributed by atoms with Gasteiger partial charge in [0.1, 0.15) is 11.7 Å². The Morgan fingerprint density at radius 1 is 1.06 bits per heavy atom. The fourth-order valence-electron chi connectivity index (χ4n) is 3.82. The summed E-state index contributed by atoms with van der Waals surface area (Å²) in [4.78, 5) is 33.2. The van der Waals surface area contributed by atoms with Crippen LogP contribution >= 0.6 is 0 Å². The second kappa shape index (κ2) is 10.3. The monoisotopic (exact) mass is 424 g/mol. The van der Waals surface area contributed by atoms with Crippen LogP contribution in [0.15, 0.2) is 48.7 Å². The molecule has 1 unspecified atom stereocenters. The van der Waals surface area contributed by atoms with Crippen molar-refractivity contribution in [1.82, 2.24) is 20.1 Å². The summed E-state index contributed by atoms with van der Waals surface area (Å²) in [7, 11) is 0. The fourth-order valence-corrected chi connectivity index (χ4v) is 3.82. The van der Waals surface area contributed by atoms with Gasteiger partial charge in [0.15, 0.2) is 0 Å². The number of morpholine rings is 1. The summed E-state index contributed by atoms with van der Waals surface area (Å²) >= 11 is 0. The first-order valence-electron chi connectivity index (χ1n) is 10.8. The zero-order valence-corrected chi connectivity index (χ0v) is 17.5. The molecule has 1 aromatic heterocycles. The van der Waals surface area contributed by atoms with E-state index in [0.29, 0.717) is 63.8 Å². The molecule has 3 heterocycles. The summed E-state index contributed by atoms with van der Waals surface area (Å²) in [6, 6.07) is 13.5. The molecule has 2 aromatic rings. The SMILES string of the molecule is O=C(NCCc1ccccc1)N1CCC(Oc2ncccc2C(=O)N2CCOCC2)C1.